The molecule has 1 aliphatic carbocycles. The molecule has 4 rings (SSSR count). The van der Waals surface area contributed by atoms with Crippen molar-refractivity contribution in [3.63, 3.8) is 0 Å². The van der Waals surface area contributed by atoms with Crippen molar-refractivity contribution < 1.29 is 18.0 Å². The second-order valence-electron chi connectivity index (χ2n) is 10.9. The maximum atomic E-state index is 14.1. The van der Waals surface area contributed by atoms with Gasteiger partial charge < -0.3 is 10.2 Å². The Hall–Kier alpha value is -3.07. The highest BCUT2D eigenvalue weighted by Gasteiger charge is 2.33. The molecule has 1 fully saturated rings. The van der Waals surface area contributed by atoms with Gasteiger partial charge in [-0.2, -0.15) is 0 Å². The Morgan fingerprint density at radius 2 is 1.60 bits per heavy atom. The van der Waals surface area contributed by atoms with E-state index in [9.17, 15) is 18.0 Å². The number of hydrogen-bond acceptors (Lipinski definition) is 4. The quantitative estimate of drug-likeness (QED) is 0.271. The summed E-state index contributed by atoms with van der Waals surface area (Å²) in [5.41, 5.74) is 2.57. The molecule has 0 aromatic heterocycles. The molecule has 1 unspecified atom stereocenters. The van der Waals surface area contributed by atoms with Gasteiger partial charge in [0.05, 0.1) is 10.6 Å². The SMILES string of the molecule is Cc1ccc(S(=O)(=O)N(CC(=O)N(Cc2ccccc2Cl)C(C)C(=O)NC2CCCCC2)c2ccc(C)c(Cl)c2)cc1. The smallest absolute Gasteiger partial charge is 0.264 e. The van der Waals surface area contributed by atoms with Crippen LogP contribution in [0, 0.1) is 13.8 Å². The van der Waals surface area contributed by atoms with E-state index in [2.05, 4.69) is 5.32 Å². The third-order valence-electron chi connectivity index (χ3n) is 7.75. The van der Waals surface area contributed by atoms with E-state index in [-0.39, 0.29) is 29.1 Å². The summed E-state index contributed by atoms with van der Waals surface area (Å²) in [5.74, 6) is -0.831. The van der Waals surface area contributed by atoms with Gasteiger partial charge in [0.2, 0.25) is 11.8 Å². The van der Waals surface area contributed by atoms with Crippen molar-refractivity contribution in [1.29, 1.82) is 0 Å². The number of anilines is 1. The standard InChI is InChI=1S/C32H37Cl2N3O4S/c1-22-13-17-28(18-14-22)42(40,41)37(27-16-15-23(2)30(34)19-27)21-31(38)36(20-25-9-7-8-12-29(25)33)24(3)32(39)35-26-10-5-4-6-11-26/h7-9,12-19,24,26H,4-6,10-11,20-21H2,1-3H3,(H,35,39). The fraction of sp³-hybridized carbons (Fsp3) is 0.375. The van der Waals surface area contributed by atoms with E-state index in [0.29, 0.717) is 15.6 Å². The molecule has 224 valence electrons. The predicted octanol–water partition coefficient (Wildman–Crippen LogP) is 6.67. The van der Waals surface area contributed by atoms with Gasteiger partial charge in [0.1, 0.15) is 12.6 Å². The van der Waals surface area contributed by atoms with Crippen molar-refractivity contribution in [1.82, 2.24) is 10.2 Å². The molecule has 0 heterocycles. The van der Waals surface area contributed by atoms with Gasteiger partial charge in [0.15, 0.2) is 0 Å². The summed E-state index contributed by atoms with van der Waals surface area (Å²) in [7, 11) is -4.18. The number of aryl methyl sites for hydroxylation is 2. The summed E-state index contributed by atoms with van der Waals surface area (Å²) in [6, 6.07) is 17.6. The number of nitrogens with one attached hydrogen (secondary N) is 1. The summed E-state index contributed by atoms with van der Waals surface area (Å²) in [4.78, 5) is 29.0. The molecule has 1 saturated carbocycles. The van der Waals surface area contributed by atoms with Gasteiger partial charge in [-0.15, -0.1) is 0 Å². The number of sulfonamides is 1. The minimum atomic E-state index is -4.18. The van der Waals surface area contributed by atoms with Crippen LogP contribution in [0.3, 0.4) is 0 Å². The van der Waals surface area contributed by atoms with Crippen LogP contribution < -0.4 is 9.62 Å². The number of benzene rings is 3. The Morgan fingerprint density at radius 1 is 0.929 bits per heavy atom. The molecule has 7 nitrogen and oxygen atoms in total. The molecule has 3 aromatic carbocycles. The Kier molecular flexibility index (Phi) is 10.6. The van der Waals surface area contributed by atoms with Gasteiger partial charge >= 0.3 is 0 Å². The van der Waals surface area contributed by atoms with Crippen LogP contribution in [-0.2, 0) is 26.2 Å². The first-order valence-corrected chi connectivity index (χ1v) is 16.4. The zero-order chi connectivity index (χ0) is 30.4. The van der Waals surface area contributed by atoms with Crippen molar-refractivity contribution in [3.05, 3.63) is 93.5 Å². The van der Waals surface area contributed by atoms with E-state index >= 15 is 0 Å². The van der Waals surface area contributed by atoms with Crippen LogP contribution in [0.2, 0.25) is 10.0 Å². The van der Waals surface area contributed by atoms with Crippen LogP contribution in [-0.4, -0.2) is 43.8 Å². The van der Waals surface area contributed by atoms with Crippen LogP contribution in [0.1, 0.15) is 55.7 Å². The molecular weight excluding hydrogens is 593 g/mol. The fourth-order valence-corrected chi connectivity index (χ4v) is 6.84. The molecule has 0 aliphatic heterocycles. The molecule has 3 aromatic rings. The summed E-state index contributed by atoms with van der Waals surface area (Å²) in [6.45, 7) is 4.83. The zero-order valence-corrected chi connectivity index (χ0v) is 26.5. The summed E-state index contributed by atoms with van der Waals surface area (Å²) in [5, 5.41) is 3.92. The molecule has 10 heteroatoms. The Bertz CT molecular complexity index is 1520. The van der Waals surface area contributed by atoms with E-state index in [1.165, 1.54) is 23.1 Å². The van der Waals surface area contributed by atoms with Gasteiger partial charge in [-0.1, -0.05) is 84.4 Å². The van der Waals surface area contributed by atoms with Crippen molar-refractivity contribution in [2.24, 2.45) is 0 Å². The van der Waals surface area contributed by atoms with Crippen molar-refractivity contribution in [2.75, 3.05) is 10.8 Å². The Labute approximate surface area is 258 Å². The van der Waals surface area contributed by atoms with Crippen LogP contribution in [0.15, 0.2) is 71.6 Å². The highest BCUT2D eigenvalue weighted by Crippen LogP contribution is 2.29. The first-order chi connectivity index (χ1) is 20.0. The largest absolute Gasteiger partial charge is 0.352 e. The fourth-order valence-electron chi connectivity index (χ4n) is 5.06. The molecule has 1 aliphatic rings. The topological polar surface area (TPSA) is 86.8 Å². The molecule has 0 saturated heterocycles. The number of carbonyl (C=O) groups excluding carboxylic acids is 2. The van der Waals surface area contributed by atoms with E-state index < -0.39 is 28.5 Å². The van der Waals surface area contributed by atoms with Crippen LogP contribution >= 0.6 is 23.2 Å². The van der Waals surface area contributed by atoms with E-state index in [0.717, 1.165) is 47.5 Å². The number of carbonyl (C=O) groups is 2. The van der Waals surface area contributed by atoms with E-state index in [1.807, 2.05) is 13.8 Å². The van der Waals surface area contributed by atoms with Crippen LogP contribution in [0.4, 0.5) is 5.69 Å². The van der Waals surface area contributed by atoms with E-state index in [4.69, 9.17) is 23.2 Å². The van der Waals surface area contributed by atoms with Crippen molar-refractivity contribution >= 4 is 50.7 Å². The molecule has 2 amide bonds. The van der Waals surface area contributed by atoms with Gasteiger partial charge in [0.25, 0.3) is 10.0 Å². The van der Waals surface area contributed by atoms with Gasteiger partial charge in [-0.25, -0.2) is 8.42 Å². The number of rotatable bonds is 10. The Morgan fingerprint density at radius 3 is 2.24 bits per heavy atom. The molecule has 0 bridgehead atoms. The lowest BCUT2D eigenvalue weighted by atomic mass is 9.95. The lowest BCUT2D eigenvalue weighted by Gasteiger charge is -2.33. The van der Waals surface area contributed by atoms with Gasteiger partial charge in [-0.05, 0) is 75.1 Å². The van der Waals surface area contributed by atoms with Gasteiger partial charge in [-0.3, -0.25) is 13.9 Å². The number of nitrogens with zero attached hydrogens (tertiary/aromatic N) is 2. The molecule has 42 heavy (non-hydrogen) atoms. The highest BCUT2D eigenvalue weighted by atomic mass is 35.5. The third kappa shape index (κ3) is 7.65. The summed E-state index contributed by atoms with van der Waals surface area (Å²) < 4.78 is 29.0. The van der Waals surface area contributed by atoms with E-state index in [1.54, 1.807) is 55.5 Å². The Balaban J connectivity index is 1.70. The molecule has 1 N–H and O–H groups in total. The molecule has 0 spiro atoms. The minimum absolute atomic E-state index is 0.0326. The lowest BCUT2D eigenvalue weighted by Crippen LogP contribution is -2.53. The first kappa shape index (κ1) is 31.9. The predicted molar refractivity (Wildman–Crippen MR) is 168 cm³/mol. The second kappa shape index (κ2) is 13.9. The maximum Gasteiger partial charge on any atom is 0.264 e. The highest BCUT2D eigenvalue weighted by molar-refractivity contribution is 7.92. The average Bonchev–Trinajstić information content (AvgIpc) is 2.97. The van der Waals surface area contributed by atoms with Crippen LogP contribution in [0.25, 0.3) is 0 Å². The monoisotopic (exact) mass is 629 g/mol. The minimum Gasteiger partial charge on any atom is -0.352 e. The number of halogens is 2. The van der Waals surface area contributed by atoms with Crippen LogP contribution in [0.5, 0.6) is 0 Å². The summed E-state index contributed by atoms with van der Waals surface area (Å²) >= 11 is 12.9. The third-order valence-corrected chi connectivity index (χ3v) is 10.3. The zero-order valence-electron chi connectivity index (χ0n) is 24.1. The maximum absolute atomic E-state index is 14.1. The number of amides is 2. The summed E-state index contributed by atoms with van der Waals surface area (Å²) in [6.07, 6.45) is 5.04. The normalized spacial score (nSPS) is 14.7. The average molecular weight is 631 g/mol. The van der Waals surface area contributed by atoms with Crippen molar-refractivity contribution in [2.45, 2.75) is 76.4 Å². The molecule has 1 atom stereocenters. The molecular formula is C32H37Cl2N3O4S. The molecule has 0 radical (unpaired) electrons. The number of hydrogen-bond donors (Lipinski definition) is 1. The van der Waals surface area contributed by atoms with Gasteiger partial charge in [0, 0.05) is 22.6 Å². The van der Waals surface area contributed by atoms with Crippen molar-refractivity contribution in [3.8, 4) is 0 Å². The lowest BCUT2D eigenvalue weighted by molar-refractivity contribution is -0.139. The first-order valence-electron chi connectivity index (χ1n) is 14.2. The second-order valence-corrected chi connectivity index (χ2v) is 13.6.